The average molecular weight is 443 g/mol. The third-order valence-electron chi connectivity index (χ3n) is 5.41. The summed E-state index contributed by atoms with van der Waals surface area (Å²) in [7, 11) is 1.42. The number of hydrogen-bond donors (Lipinski definition) is 0. The molecule has 1 aliphatic rings. The number of hydrogen-bond acceptors (Lipinski definition) is 6. The van der Waals surface area contributed by atoms with Crippen LogP contribution in [0.5, 0.6) is 0 Å². The maximum atomic E-state index is 12.9. The van der Waals surface area contributed by atoms with Gasteiger partial charge in [0.1, 0.15) is 11.6 Å². The second-order valence-corrected chi connectivity index (χ2v) is 10.0. The van der Waals surface area contributed by atoms with E-state index in [-0.39, 0.29) is 16.9 Å². The van der Waals surface area contributed by atoms with Crippen LogP contribution in [-0.2, 0) is 15.0 Å². The molecule has 7 heteroatoms. The maximum Gasteiger partial charge on any atom is 0.271 e. The zero-order valence-corrected chi connectivity index (χ0v) is 20.7. The van der Waals surface area contributed by atoms with E-state index in [1.165, 1.54) is 7.05 Å². The largest absolute Gasteiger partial charge is 0.348 e. The molecular formula is C24H34N4O2S. The number of carbonyl (C=O) groups is 2. The van der Waals surface area contributed by atoms with Gasteiger partial charge in [0.05, 0.1) is 10.6 Å². The van der Waals surface area contributed by atoms with Crippen molar-refractivity contribution in [3.05, 3.63) is 27.3 Å². The lowest BCUT2D eigenvalue weighted by Gasteiger charge is -2.24. The molecule has 0 aromatic carbocycles. The molecule has 0 N–H and O–H groups in total. The highest BCUT2D eigenvalue weighted by molar-refractivity contribution is 7.16. The first-order chi connectivity index (χ1) is 14.6. The van der Waals surface area contributed by atoms with Gasteiger partial charge in [-0.1, -0.05) is 58.8 Å². The fourth-order valence-electron chi connectivity index (χ4n) is 3.42. The second-order valence-electron chi connectivity index (χ2n) is 8.99. The maximum absolute atomic E-state index is 12.9. The van der Waals surface area contributed by atoms with E-state index in [1.807, 2.05) is 12.1 Å². The smallest absolute Gasteiger partial charge is 0.271 e. The summed E-state index contributed by atoms with van der Waals surface area (Å²) in [6.45, 7) is 14.3. The number of likely N-dealkylation sites (N-methyl/N-ethyl adjacent to an activating group) is 1. The molecule has 0 atom stereocenters. The molecule has 0 fully saturated rings. The third kappa shape index (κ3) is 5.43. The van der Waals surface area contributed by atoms with E-state index in [2.05, 4.69) is 39.5 Å². The van der Waals surface area contributed by atoms with Crippen molar-refractivity contribution in [2.45, 2.75) is 72.6 Å². The Morgan fingerprint density at radius 2 is 1.71 bits per heavy atom. The standard InChI is InChI=1S/C24H34N4O2S/c1-8-10-12-28(13-11-9-2)23-26-20(24(4,5)6)19(31-23)14-17-16(3)18(15-25)22(30)27(7)21(17)29/h14H,8-13H2,1-7H3/b17-14+. The van der Waals surface area contributed by atoms with E-state index in [1.54, 1.807) is 18.3 Å². The molecule has 0 saturated carbocycles. The van der Waals surface area contributed by atoms with Crippen LogP contribution in [0.15, 0.2) is 16.7 Å². The third-order valence-corrected chi connectivity index (χ3v) is 6.47. The molecule has 1 aromatic rings. The number of nitriles is 1. The Balaban J connectivity index is 2.62. The van der Waals surface area contributed by atoms with E-state index in [0.717, 1.165) is 59.4 Å². The normalized spacial score (nSPS) is 16.3. The van der Waals surface area contributed by atoms with Crippen LogP contribution in [-0.4, -0.2) is 41.8 Å². The fraction of sp³-hybridized carbons (Fsp3) is 0.583. The Labute approximate surface area is 190 Å². The molecule has 2 amide bonds. The van der Waals surface area contributed by atoms with Gasteiger partial charge in [-0.2, -0.15) is 5.26 Å². The molecule has 1 aromatic heterocycles. The summed E-state index contributed by atoms with van der Waals surface area (Å²) in [6.07, 6.45) is 6.25. The first-order valence-electron chi connectivity index (χ1n) is 11.0. The number of carbonyl (C=O) groups excluding carboxylic acids is 2. The van der Waals surface area contributed by atoms with Gasteiger partial charge in [0.15, 0.2) is 5.13 Å². The number of aromatic nitrogens is 1. The lowest BCUT2D eigenvalue weighted by molar-refractivity contribution is -0.138. The van der Waals surface area contributed by atoms with Crippen molar-refractivity contribution in [1.29, 1.82) is 5.26 Å². The van der Waals surface area contributed by atoms with Crippen molar-refractivity contribution in [3.8, 4) is 6.07 Å². The van der Waals surface area contributed by atoms with Crippen LogP contribution in [0.1, 0.15) is 77.8 Å². The topological polar surface area (TPSA) is 77.3 Å². The highest BCUT2D eigenvalue weighted by atomic mass is 32.1. The monoisotopic (exact) mass is 442 g/mol. The first-order valence-corrected chi connectivity index (χ1v) is 11.8. The molecule has 168 valence electrons. The molecule has 0 bridgehead atoms. The van der Waals surface area contributed by atoms with Gasteiger partial charge in [-0.05, 0) is 31.4 Å². The van der Waals surface area contributed by atoms with Gasteiger partial charge in [-0.3, -0.25) is 14.5 Å². The van der Waals surface area contributed by atoms with Crippen LogP contribution < -0.4 is 4.90 Å². The quantitative estimate of drug-likeness (QED) is 0.415. The van der Waals surface area contributed by atoms with Gasteiger partial charge in [-0.15, -0.1) is 0 Å². The van der Waals surface area contributed by atoms with Crippen LogP contribution in [0.25, 0.3) is 6.08 Å². The van der Waals surface area contributed by atoms with E-state index in [4.69, 9.17) is 4.98 Å². The Kier molecular flexibility index (Phi) is 8.19. The highest BCUT2D eigenvalue weighted by Gasteiger charge is 2.34. The van der Waals surface area contributed by atoms with Crippen molar-refractivity contribution in [2.75, 3.05) is 25.0 Å². The zero-order chi connectivity index (χ0) is 23.3. The summed E-state index contributed by atoms with van der Waals surface area (Å²) in [5.74, 6) is -0.932. The molecule has 6 nitrogen and oxygen atoms in total. The van der Waals surface area contributed by atoms with E-state index in [9.17, 15) is 14.9 Å². The van der Waals surface area contributed by atoms with Crippen LogP contribution >= 0.6 is 11.3 Å². The van der Waals surface area contributed by atoms with Crippen molar-refractivity contribution >= 4 is 34.4 Å². The molecule has 0 radical (unpaired) electrons. The van der Waals surface area contributed by atoms with E-state index in [0.29, 0.717) is 11.1 Å². The Hall–Kier alpha value is -2.46. The molecule has 0 saturated heterocycles. The molecule has 31 heavy (non-hydrogen) atoms. The van der Waals surface area contributed by atoms with Gasteiger partial charge in [0.2, 0.25) is 0 Å². The second kappa shape index (κ2) is 10.2. The van der Waals surface area contributed by atoms with Gasteiger partial charge in [0.25, 0.3) is 11.8 Å². The SMILES string of the molecule is CCCCN(CCCC)c1nc(C(C)(C)C)c(/C=C2/C(=O)N(C)C(=O)C(C#N)=C2C)s1. The first kappa shape index (κ1) is 24.8. The molecule has 2 heterocycles. The van der Waals surface area contributed by atoms with Crippen molar-refractivity contribution in [1.82, 2.24) is 9.88 Å². The molecule has 0 spiro atoms. The molecule has 2 rings (SSSR count). The van der Waals surface area contributed by atoms with Gasteiger partial charge < -0.3 is 4.90 Å². The average Bonchev–Trinajstić information content (AvgIpc) is 3.14. The minimum absolute atomic E-state index is 0.0166. The minimum atomic E-state index is -0.548. The van der Waals surface area contributed by atoms with Gasteiger partial charge in [0, 0.05) is 31.1 Å². The number of unbranched alkanes of at least 4 members (excludes halogenated alkanes) is 2. The minimum Gasteiger partial charge on any atom is -0.348 e. The Bertz CT molecular complexity index is 936. The fourth-order valence-corrected chi connectivity index (χ4v) is 4.69. The lowest BCUT2D eigenvalue weighted by atomic mass is 9.89. The van der Waals surface area contributed by atoms with Crippen LogP contribution in [0.4, 0.5) is 5.13 Å². The van der Waals surface area contributed by atoms with Crippen molar-refractivity contribution in [2.24, 2.45) is 0 Å². The van der Waals surface area contributed by atoms with E-state index >= 15 is 0 Å². The van der Waals surface area contributed by atoms with Crippen molar-refractivity contribution in [3.63, 3.8) is 0 Å². The highest BCUT2D eigenvalue weighted by Crippen LogP contribution is 2.37. The summed E-state index contributed by atoms with van der Waals surface area (Å²) >= 11 is 1.58. The number of imide groups is 1. The predicted molar refractivity (Wildman–Crippen MR) is 127 cm³/mol. The summed E-state index contributed by atoms with van der Waals surface area (Å²) in [5.41, 5.74) is 1.55. The van der Waals surface area contributed by atoms with Crippen LogP contribution in [0, 0.1) is 11.3 Å². The number of rotatable bonds is 8. The number of thiazole rings is 1. The summed E-state index contributed by atoms with van der Waals surface area (Å²) < 4.78 is 0. The predicted octanol–water partition coefficient (Wildman–Crippen LogP) is 5.07. The van der Waals surface area contributed by atoms with Crippen LogP contribution in [0.2, 0.25) is 0 Å². The Morgan fingerprint density at radius 1 is 1.13 bits per heavy atom. The number of amides is 2. The van der Waals surface area contributed by atoms with Gasteiger partial charge >= 0.3 is 0 Å². The van der Waals surface area contributed by atoms with Gasteiger partial charge in [-0.25, -0.2) is 4.98 Å². The lowest BCUT2D eigenvalue weighted by Crippen LogP contribution is -2.39. The Morgan fingerprint density at radius 3 is 2.19 bits per heavy atom. The van der Waals surface area contributed by atoms with Crippen molar-refractivity contribution < 1.29 is 9.59 Å². The zero-order valence-electron chi connectivity index (χ0n) is 19.8. The molecule has 1 aliphatic heterocycles. The molecule has 0 aliphatic carbocycles. The molecule has 0 unspecified atom stereocenters. The number of anilines is 1. The summed E-state index contributed by atoms with van der Waals surface area (Å²) in [6, 6.07) is 1.96. The number of nitrogens with zero attached hydrogens (tertiary/aromatic N) is 4. The summed E-state index contributed by atoms with van der Waals surface area (Å²) in [4.78, 5) is 34.4. The molecular weight excluding hydrogens is 408 g/mol. The summed E-state index contributed by atoms with van der Waals surface area (Å²) in [5, 5.41) is 10.4. The van der Waals surface area contributed by atoms with Crippen LogP contribution in [0.3, 0.4) is 0 Å². The van der Waals surface area contributed by atoms with E-state index < -0.39 is 5.91 Å².